The van der Waals surface area contributed by atoms with Crippen LogP contribution in [0.5, 0.6) is 0 Å². The van der Waals surface area contributed by atoms with Gasteiger partial charge in [-0.15, -0.1) is 0 Å². The van der Waals surface area contributed by atoms with E-state index in [1.165, 1.54) is 147 Å². The number of unbranched alkanes of at least 4 members (excludes halogenated alkanes) is 14. The number of nitrogens with zero attached hydrogens (tertiary/aromatic N) is 3. The Kier molecular flexibility index (Phi) is 23.0. The number of fused-ring (bicyclic) bond motifs is 3. The van der Waals surface area contributed by atoms with Crippen LogP contribution in [0, 0.1) is 20.8 Å². The lowest BCUT2D eigenvalue weighted by Gasteiger charge is -2.12. The third-order valence-corrected chi connectivity index (χ3v) is 12.0. The molecule has 0 aliphatic carbocycles. The number of rotatable bonds is 23. The van der Waals surface area contributed by atoms with E-state index in [0.29, 0.717) is 0 Å². The molecule has 0 aliphatic rings. The minimum absolute atomic E-state index is 0. The molecule has 0 bridgehead atoms. The Morgan fingerprint density at radius 3 is 1.10 bits per heavy atom. The second kappa shape index (κ2) is 26.7. The highest BCUT2D eigenvalue weighted by Crippen LogP contribution is 2.24. The zero-order valence-corrected chi connectivity index (χ0v) is 42.4. The maximum atomic E-state index is 6.29. The molecule has 3 aromatic heterocycles. The van der Waals surface area contributed by atoms with Crippen LogP contribution in [-0.4, -0.2) is 6.54 Å². The third kappa shape index (κ3) is 14.3. The molecule has 0 amide bonds. The number of halogens is 3. The van der Waals surface area contributed by atoms with Crippen LogP contribution >= 0.6 is 0 Å². The molecule has 5 N–H and O–H groups in total. The van der Waals surface area contributed by atoms with Crippen molar-refractivity contribution in [1.29, 1.82) is 0 Å². The second-order valence-corrected chi connectivity index (χ2v) is 16.3. The van der Waals surface area contributed by atoms with Crippen LogP contribution in [0.25, 0.3) is 32.7 Å². The molecule has 3 aromatic carbocycles. The molecule has 6 aromatic rings. The molecule has 59 heavy (non-hydrogen) atoms. The van der Waals surface area contributed by atoms with Gasteiger partial charge in [-0.05, 0) is 43.9 Å². The number of aryl methyl sites for hydroxylation is 6. The molecule has 6 rings (SSSR count). The molecule has 0 saturated heterocycles. The second-order valence-electron chi connectivity index (χ2n) is 16.3. The Bertz CT molecular complexity index is 2190. The summed E-state index contributed by atoms with van der Waals surface area (Å²) < 4.78 is 7.42. The highest BCUT2D eigenvalue weighted by Gasteiger charge is 2.18. The van der Waals surface area contributed by atoms with Gasteiger partial charge < -0.3 is 88.7 Å². The maximum Gasteiger partial charge on any atom is 0.214 e. The summed E-state index contributed by atoms with van der Waals surface area (Å²) in [6.45, 7) is 10.9. The molecular formula is C50H69I3N6. The Balaban J connectivity index is 0.00000310. The van der Waals surface area contributed by atoms with Crippen molar-refractivity contribution in [3.8, 4) is 0 Å². The molecular weight excluding hydrogens is 1070 g/mol. The van der Waals surface area contributed by atoms with Crippen molar-refractivity contribution in [3.63, 3.8) is 0 Å². The van der Waals surface area contributed by atoms with E-state index < -0.39 is 0 Å². The van der Waals surface area contributed by atoms with Gasteiger partial charge in [0.2, 0.25) is 16.6 Å². The molecule has 0 fully saturated rings. The topological polar surface area (TPSA) is 75.7 Å². The number of pyridine rings is 3. The SMILES string of the molecule is Cc1cc(N)c2ccccc2[n+]1CCCCCCCCCCNc1cc(C)[n+](CCCCCCCCCC[n+]2c(C)cc(N)c3ccccc32)c2ccccc12.[I-].[I-].[I-]. The Hall–Kier alpha value is -2.52. The standard InChI is InChI=1S/C50H66N6.3HI/c1-39-36-45(51)42-26-16-19-29-48(42)54(39)33-23-13-9-5-4-8-12-22-32-53-47-38-41(3)56(50-31-21-18-28-44(47)50)35-25-15-11-7-6-10-14-24-34-55-40(2)37-46(52)43-27-17-20-30-49(43)55;;;/h16-21,26-31,36-38,51-52H,4-15,22-25,32-35H2,1-3H3;3*1H. The summed E-state index contributed by atoms with van der Waals surface area (Å²) in [7, 11) is 0. The van der Waals surface area contributed by atoms with Gasteiger partial charge in [-0.2, -0.15) is 13.7 Å². The molecule has 0 radical (unpaired) electrons. The van der Waals surface area contributed by atoms with Crippen molar-refractivity contribution in [2.45, 2.75) is 143 Å². The van der Waals surface area contributed by atoms with Gasteiger partial charge in [0, 0.05) is 83.0 Å². The number of para-hydroxylation sites is 3. The van der Waals surface area contributed by atoms with Crippen LogP contribution in [0.1, 0.15) is 120 Å². The van der Waals surface area contributed by atoms with Crippen molar-refractivity contribution in [2.75, 3.05) is 23.3 Å². The Labute approximate surface area is 406 Å². The van der Waals surface area contributed by atoms with Gasteiger partial charge in [-0.3, -0.25) is 0 Å². The monoisotopic (exact) mass is 1130 g/mol. The van der Waals surface area contributed by atoms with E-state index in [9.17, 15) is 0 Å². The predicted octanol–water partition coefficient (Wildman–Crippen LogP) is 2.16. The van der Waals surface area contributed by atoms with Crippen molar-refractivity contribution in [2.24, 2.45) is 0 Å². The minimum atomic E-state index is 0. The molecule has 3 heterocycles. The van der Waals surface area contributed by atoms with E-state index in [0.717, 1.165) is 48.3 Å². The third-order valence-electron chi connectivity index (χ3n) is 12.0. The number of hydrogen-bond acceptors (Lipinski definition) is 3. The van der Waals surface area contributed by atoms with Gasteiger partial charge in [0.15, 0.2) is 17.1 Å². The fraction of sp³-hybridized carbons (Fsp3) is 0.460. The van der Waals surface area contributed by atoms with Gasteiger partial charge in [0.25, 0.3) is 0 Å². The van der Waals surface area contributed by atoms with Crippen LogP contribution in [0.15, 0.2) is 91.0 Å². The van der Waals surface area contributed by atoms with Crippen molar-refractivity contribution >= 4 is 49.8 Å². The van der Waals surface area contributed by atoms with Crippen molar-refractivity contribution < 1.29 is 85.6 Å². The van der Waals surface area contributed by atoms with Crippen LogP contribution in [0.2, 0.25) is 0 Å². The first-order valence-electron chi connectivity index (χ1n) is 21.9. The minimum Gasteiger partial charge on any atom is -1.00 e. The van der Waals surface area contributed by atoms with Crippen LogP contribution in [-0.2, 0) is 19.6 Å². The number of aromatic nitrogens is 3. The molecule has 6 nitrogen and oxygen atoms in total. The Morgan fingerprint density at radius 2 is 0.695 bits per heavy atom. The summed E-state index contributed by atoms with van der Waals surface area (Å²) in [4.78, 5) is 0. The lowest BCUT2D eigenvalue weighted by molar-refractivity contribution is -0.678. The fourth-order valence-corrected chi connectivity index (χ4v) is 8.85. The number of nitrogen functional groups attached to an aromatic ring is 2. The largest absolute Gasteiger partial charge is 1.00 e. The molecule has 0 atom stereocenters. The number of nitrogens with two attached hydrogens (primary N) is 2. The van der Waals surface area contributed by atoms with Gasteiger partial charge in [-0.25, -0.2) is 0 Å². The zero-order chi connectivity index (χ0) is 39.1. The quantitative estimate of drug-likeness (QED) is 0.0524. The van der Waals surface area contributed by atoms with E-state index in [-0.39, 0.29) is 71.9 Å². The van der Waals surface area contributed by atoms with Crippen molar-refractivity contribution in [1.82, 2.24) is 0 Å². The van der Waals surface area contributed by atoms with E-state index in [1.54, 1.807) is 0 Å². The number of nitrogens with one attached hydrogen (secondary N) is 1. The molecule has 0 unspecified atom stereocenters. The van der Waals surface area contributed by atoms with Gasteiger partial charge in [0.05, 0.1) is 33.2 Å². The summed E-state index contributed by atoms with van der Waals surface area (Å²) in [6, 6.07) is 32.6. The normalized spacial score (nSPS) is 11.0. The number of hydrogen-bond donors (Lipinski definition) is 3. The summed E-state index contributed by atoms with van der Waals surface area (Å²) in [5, 5.41) is 7.48. The first kappa shape index (κ1) is 50.8. The summed E-state index contributed by atoms with van der Waals surface area (Å²) >= 11 is 0. The fourth-order valence-electron chi connectivity index (χ4n) is 8.85. The van der Waals surface area contributed by atoms with E-state index in [4.69, 9.17) is 11.5 Å². The summed E-state index contributed by atoms with van der Waals surface area (Å²) in [5.74, 6) is 0. The maximum absolute atomic E-state index is 6.29. The zero-order valence-electron chi connectivity index (χ0n) is 35.9. The van der Waals surface area contributed by atoms with Gasteiger partial charge in [-0.1, -0.05) is 94.2 Å². The smallest absolute Gasteiger partial charge is 0.214 e. The van der Waals surface area contributed by atoms with E-state index in [2.05, 4.69) is 131 Å². The van der Waals surface area contributed by atoms with Crippen LogP contribution < -0.4 is 102 Å². The highest BCUT2D eigenvalue weighted by atomic mass is 127. The molecule has 320 valence electrons. The van der Waals surface area contributed by atoms with E-state index in [1.807, 2.05) is 0 Å². The molecule has 0 aliphatic heterocycles. The van der Waals surface area contributed by atoms with Crippen molar-refractivity contribution in [3.05, 3.63) is 108 Å². The Morgan fingerprint density at radius 1 is 0.390 bits per heavy atom. The number of anilines is 3. The average molecular weight is 1130 g/mol. The van der Waals surface area contributed by atoms with Gasteiger partial charge >= 0.3 is 0 Å². The number of benzene rings is 3. The molecule has 9 heteroatoms. The predicted molar refractivity (Wildman–Crippen MR) is 238 cm³/mol. The van der Waals surface area contributed by atoms with Crippen LogP contribution in [0.4, 0.5) is 17.1 Å². The average Bonchev–Trinajstić information content (AvgIpc) is 3.20. The van der Waals surface area contributed by atoms with Gasteiger partial charge in [0.1, 0.15) is 19.6 Å². The lowest BCUT2D eigenvalue weighted by atomic mass is 10.1. The highest BCUT2D eigenvalue weighted by molar-refractivity contribution is 5.90. The summed E-state index contributed by atoms with van der Waals surface area (Å²) in [6.07, 6.45) is 20.7. The lowest BCUT2D eigenvalue weighted by Crippen LogP contribution is -3.00. The van der Waals surface area contributed by atoms with Crippen LogP contribution in [0.3, 0.4) is 0 Å². The first-order chi connectivity index (χ1) is 27.4. The molecule has 0 saturated carbocycles. The van der Waals surface area contributed by atoms with E-state index >= 15 is 0 Å². The molecule has 0 spiro atoms. The first-order valence-corrected chi connectivity index (χ1v) is 21.9. The summed E-state index contributed by atoms with van der Waals surface area (Å²) in [5.41, 5.74) is 23.3.